The van der Waals surface area contributed by atoms with E-state index < -0.39 is 0 Å². The van der Waals surface area contributed by atoms with Crippen LogP contribution in [0.4, 0.5) is 5.69 Å². The summed E-state index contributed by atoms with van der Waals surface area (Å²) in [6.45, 7) is 2.82. The first kappa shape index (κ1) is 14.0. The number of hydrogen-bond donors (Lipinski definition) is 1. The summed E-state index contributed by atoms with van der Waals surface area (Å²) in [6.07, 6.45) is 1.58. The average molecular weight is 274 g/mol. The number of anilines is 1. The van der Waals surface area contributed by atoms with Gasteiger partial charge in [0.2, 0.25) is 0 Å². The van der Waals surface area contributed by atoms with Crippen molar-refractivity contribution < 1.29 is 13.9 Å². The van der Waals surface area contributed by atoms with Crippen LogP contribution in [0, 0.1) is 0 Å². The van der Waals surface area contributed by atoms with Crippen LogP contribution in [0.1, 0.15) is 23.0 Å². The molecule has 2 rings (SSSR count). The van der Waals surface area contributed by atoms with Gasteiger partial charge < -0.3 is 19.8 Å². The summed E-state index contributed by atoms with van der Waals surface area (Å²) in [7, 11) is 1.72. The van der Waals surface area contributed by atoms with E-state index in [9.17, 15) is 4.79 Å². The second kappa shape index (κ2) is 6.14. The van der Waals surface area contributed by atoms with Crippen LogP contribution in [0.5, 0.6) is 5.75 Å². The molecule has 1 amide bonds. The van der Waals surface area contributed by atoms with Crippen LogP contribution < -0.4 is 10.5 Å². The summed E-state index contributed by atoms with van der Waals surface area (Å²) < 4.78 is 10.6. The Bertz CT molecular complexity index is 579. The molecule has 20 heavy (non-hydrogen) atoms. The first-order chi connectivity index (χ1) is 9.60. The average Bonchev–Trinajstić information content (AvgIpc) is 2.90. The minimum atomic E-state index is -0.130. The fourth-order valence-electron chi connectivity index (χ4n) is 1.92. The van der Waals surface area contributed by atoms with E-state index in [1.165, 1.54) is 0 Å². The number of carbonyl (C=O) groups excluding carboxylic acids is 1. The molecule has 0 aliphatic heterocycles. The highest BCUT2D eigenvalue weighted by molar-refractivity contribution is 5.95. The molecule has 0 unspecified atom stereocenters. The fourth-order valence-corrected chi connectivity index (χ4v) is 1.92. The van der Waals surface area contributed by atoms with E-state index in [0.29, 0.717) is 30.2 Å². The Morgan fingerprint density at radius 1 is 1.40 bits per heavy atom. The van der Waals surface area contributed by atoms with E-state index in [1.54, 1.807) is 42.5 Å². The van der Waals surface area contributed by atoms with Gasteiger partial charge in [-0.1, -0.05) is 0 Å². The van der Waals surface area contributed by atoms with Crippen LogP contribution in [0.25, 0.3) is 0 Å². The van der Waals surface area contributed by atoms with Gasteiger partial charge in [-0.3, -0.25) is 4.79 Å². The molecule has 1 aromatic carbocycles. The van der Waals surface area contributed by atoms with Crippen LogP contribution in [-0.4, -0.2) is 24.5 Å². The van der Waals surface area contributed by atoms with Crippen LogP contribution >= 0.6 is 0 Å². The maximum atomic E-state index is 12.4. The Kier molecular flexibility index (Phi) is 4.30. The lowest BCUT2D eigenvalue weighted by atomic mass is 10.1. The molecule has 5 heteroatoms. The van der Waals surface area contributed by atoms with Gasteiger partial charge in [0.05, 0.1) is 19.4 Å². The SMILES string of the molecule is CCOc1cc(N)cc(C(=O)N(C)Cc2ccco2)c1. The summed E-state index contributed by atoms with van der Waals surface area (Å²) >= 11 is 0. The minimum Gasteiger partial charge on any atom is -0.494 e. The number of rotatable bonds is 5. The first-order valence-electron chi connectivity index (χ1n) is 6.41. The summed E-state index contributed by atoms with van der Waals surface area (Å²) in [4.78, 5) is 13.9. The number of amides is 1. The van der Waals surface area contributed by atoms with Gasteiger partial charge in [0.15, 0.2) is 0 Å². The highest BCUT2D eigenvalue weighted by Crippen LogP contribution is 2.20. The van der Waals surface area contributed by atoms with E-state index in [-0.39, 0.29) is 5.91 Å². The molecule has 0 saturated carbocycles. The number of nitrogen functional groups attached to an aromatic ring is 1. The molecule has 2 N–H and O–H groups in total. The first-order valence-corrected chi connectivity index (χ1v) is 6.41. The van der Waals surface area contributed by atoms with Crippen LogP contribution in [0.15, 0.2) is 41.0 Å². The number of ether oxygens (including phenoxy) is 1. The van der Waals surface area contributed by atoms with Crippen molar-refractivity contribution in [3.8, 4) is 5.75 Å². The quantitative estimate of drug-likeness (QED) is 0.851. The van der Waals surface area contributed by atoms with Gasteiger partial charge in [0, 0.05) is 24.4 Å². The van der Waals surface area contributed by atoms with E-state index in [1.807, 2.05) is 13.0 Å². The van der Waals surface area contributed by atoms with Gasteiger partial charge in [0.1, 0.15) is 11.5 Å². The molecule has 1 aromatic heterocycles. The normalized spacial score (nSPS) is 10.3. The Hall–Kier alpha value is -2.43. The molecular weight excluding hydrogens is 256 g/mol. The number of nitrogens with zero attached hydrogens (tertiary/aromatic N) is 1. The van der Waals surface area contributed by atoms with Gasteiger partial charge in [0.25, 0.3) is 5.91 Å². The van der Waals surface area contributed by atoms with E-state index in [2.05, 4.69) is 0 Å². The topological polar surface area (TPSA) is 68.7 Å². The fraction of sp³-hybridized carbons (Fsp3) is 0.267. The zero-order valence-electron chi connectivity index (χ0n) is 11.6. The minimum absolute atomic E-state index is 0.130. The Morgan fingerprint density at radius 2 is 2.20 bits per heavy atom. The summed E-state index contributed by atoms with van der Waals surface area (Å²) in [5.41, 5.74) is 6.80. The molecule has 106 valence electrons. The number of furan rings is 1. The van der Waals surface area contributed by atoms with Gasteiger partial charge in [-0.15, -0.1) is 0 Å². The second-order valence-corrected chi connectivity index (χ2v) is 4.46. The van der Waals surface area contributed by atoms with Crippen molar-refractivity contribution >= 4 is 11.6 Å². The number of hydrogen-bond acceptors (Lipinski definition) is 4. The third kappa shape index (κ3) is 3.32. The zero-order valence-corrected chi connectivity index (χ0v) is 11.6. The molecule has 5 nitrogen and oxygen atoms in total. The van der Waals surface area contributed by atoms with Crippen molar-refractivity contribution in [2.45, 2.75) is 13.5 Å². The molecule has 1 heterocycles. The van der Waals surface area contributed by atoms with Gasteiger partial charge in [-0.05, 0) is 31.2 Å². The summed E-state index contributed by atoms with van der Waals surface area (Å²) in [5, 5.41) is 0. The van der Waals surface area contributed by atoms with Crippen molar-refractivity contribution in [1.29, 1.82) is 0 Å². The Labute approximate surface area is 117 Å². The third-order valence-electron chi connectivity index (χ3n) is 2.81. The lowest BCUT2D eigenvalue weighted by molar-refractivity contribution is 0.0775. The van der Waals surface area contributed by atoms with Gasteiger partial charge in [-0.25, -0.2) is 0 Å². The standard InChI is InChI=1S/C15H18N2O3/c1-3-19-14-8-11(7-12(16)9-14)15(18)17(2)10-13-5-4-6-20-13/h4-9H,3,10,16H2,1-2H3. The van der Waals surface area contributed by atoms with Crippen LogP contribution in [0.2, 0.25) is 0 Å². The van der Waals surface area contributed by atoms with Crippen LogP contribution in [0.3, 0.4) is 0 Å². The molecule has 0 aliphatic rings. The van der Waals surface area contributed by atoms with Crippen molar-refractivity contribution in [3.05, 3.63) is 47.9 Å². The highest BCUT2D eigenvalue weighted by Gasteiger charge is 2.14. The van der Waals surface area contributed by atoms with Crippen molar-refractivity contribution in [2.75, 3.05) is 19.4 Å². The predicted octanol–water partition coefficient (Wildman–Crippen LogP) is 2.53. The molecular formula is C15H18N2O3. The maximum Gasteiger partial charge on any atom is 0.254 e. The number of benzene rings is 1. The molecule has 0 bridgehead atoms. The van der Waals surface area contributed by atoms with Crippen molar-refractivity contribution in [2.24, 2.45) is 0 Å². The monoisotopic (exact) mass is 274 g/mol. The number of nitrogens with two attached hydrogens (primary N) is 1. The molecule has 0 fully saturated rings. The van der Waals surface area contributed by atoms with Gasteiger partial charge >= 0.3 is 0 Å². The lowest BCUT2D eigenvalue weighted by Gasteiger charge is -2.16. The molecule has 2 aromatic rings. The van der Waals surface area contributed by atoms with Crippen molar-refractivity contribution in [1.82, 2.24) is 4.90 Å². The second-order valence-electron chi connectivity index (χ2n) is 4.46. The van der Waals surface area contributed by atoms with E-state index in [4.69, 9.17) is 14.9 Å². The third-order valence-corrected chi connectivity index (χ3v) is 2.81. The largest absolute Gasteiger partial charge is 0.494 e. The maximum absolute atomic E-state index is 12.4. The molecule has 0 saturated heterocycles. The molecule has 0 atom stereocenters. The zero-order chi connectivity index (χ0) is 14.5. The lowest BCUT2D eigenvalue weighted by Crippen LogP contribution is -2.26. The number of carbonyl (C=O) groups is 1. The predicted molar refractivity (Wildman–Crippen MR) is 76.5 cm³/mol. The molecule has 0 radical (unpaired) electrons. The molecule has 0 spiro atoms. The van der Waals surface area contributed by atoms with Crippen molar-refractivity contribution in [3.63, 3.8) is 0 Å². The van der Waals surface area contributed by atoms with Crippen LogP contribution in [-0.2, 0) is 6.54 Å². The van der Waals surface area contributed by atoms with E-state index in [0.717, 1.165) is 5.76 Å². The Morgan fingerprint density at radius 3 is 2.85 bits per heavy atom. The summed E-state index contributed by atoms with van der Waals surface area (Å²) in [5.74, 6) is 1.20. The summed E-state index contributed by atoms with van der Waals surface area (Å²) in [6, 6.07) is 8.66. The smallest absolute Gasteiger partial charge is 0.254 e. The Balaban J connectivity index is 2.15. The highest BCUT2D eigenvalue weighted by atomic mass is 16.5. The van der Waals surface area contributed by atoms with E-state index >= 15 is 0 Å². The van der Waals surface area contributed by atoms with Gasteiger partial charge in [-0.2, -0.15) is 0 Å². The molecule has 0 aliphatic carbocycles.